The Morgan fingerprint density at radius 1 is 1.33 bits per heavy atom. The van der Waals surface area contributed by atoms with E-state index in [2.05, 4.69) is 25.8 Å². The maximum absolute atomic E-state index is 5.37. The third-order valence-corrected chi connectivity index (χ3v) is 2.44. The van der Waals surface area contributed by atoms with Gasteiger partial charge in [-0.3, -0.25) is 4.68 Å². The molecule has 0 unspecified atom stereocenters. The lowest BCUT2D eigenvalue weighted by Gasteiger charge is -2.09. The van der Waals surface area contributed by atoms with Crippen LogP contribution in [0, 0.1) is 0 Å². The number of hydrazine groups is 1. The quantitative estimate of drug-likeness (QED) is 0.512. The van der Waals surface area contributed by atoms with E-state index in [-0.39, 0.29) is 0 Å². The van der Waals surface area contributed by atoms with Crippen molar-refractivity contribution in [3.63, 3.8) is 0 Å². The molecule has 2 rings (SSSR count). The molecule has 96 valence electrons. The van der Waals surface area contributed by atoms with Crippen molar-refractivity contribution >= 4 is 11.6 Å². The number of anilines is 2. The zero-order chi connectivity index (χ0) is 12.8. The SMILES string of the molecule is CCc1nc(NN)cc(NCCn2cccn2)n1. The van der Waals surface area contributed by atoms with Gasteiger partial charge in [-0.15, -0.1) is 0 Å². The number of aryl methyl sites for hydroxylation is 1. The third-order valence-electron chi connectivity index (χ3n) is 2.44. The number of hydrogen-bond donors (Lipinski definition) is 3. The fourth-order valence-corrected chi connectivity index (χ4v) is 1.55. The largest absolute Gasteiger partial charge is 0.368 e. The summed E-state index contributed by atoms with van der Waals surface area (Å²) >= 11 is 0. The van der Waals surface area contributed by atoms with Gasteiger partial charge in [0.15, 0.2) is 0 Å². The predicted molar refractivity (Wildman–Crippen MR) is 69.9 cm³/mol. The molecule has 7 nitrogen and oxygen atoms in total. The molecule has 7 heteroatoms. The van der Waals surface area contributed by atoms with Crippen LogP contribution in [0.3, 0.4) is 0 Å². The van der Waals surface area contributed by atoms with E-state index in [1.807, 2.05) is 23.9 Å². The number of nitrogens with two attached hydrogens (primary N) is 1. The second-order valence-electron chi connectivity index (χ2n) is 3.75. The van der Waals surface area contributed by atoms with Crippen molar-refractivity contribution in [3.05, 3.63) is 30.4 Å². The van der Waals surface area contributed by atoms with E-state index in [0.717, 1.165) is 31.2 Å². The Morgan fingerprint density at radius 2 is 2.17 bits per heavy atom. The molecule has 2 aromatic heterocycles. The van der Waals surface area contributed by atoms with Gasteiger partial charge in [0.05, 0.1) is 6.54 Å². The van der Waals surface area contributed by atoms with Crippen LogP contribution in [-0.4, -0.2) is 26.3 Å². The standard InChI is InChI=1S/C11H17N7/c1-2-9-15-10(8-11(16-9)17-12)13-5-7-18-6-3-4-14-18/h3-4,6,8H,2,5,7,12H2,1H3,(H2,13,15,16,17). The molecule has 0 saturated carbocycles. The number of hydrogen-bond acceptors (Lipinski definition) is 6. The zero-order valence-corrected chi connectivity index (χ0v) is 10.3. The first-order valence-corrected chi connectivity index (χ1v) is 5.87. The van der Waals surface area contributed by atoms with E-state index in [1.165, 1.54) is 0 Å². The summed E-state index contributed by atoms with van der Waals surface area (Å²) in [5, 5.41) is 7.35. The van der Waals surface area contributed by atoms with E-state index in [1.54, 1.807) is 12.3 Å². The number of nitrogen functional groups attached to an aromatic ring is 1. The zero-order valence-electron chi connectivity index (χ0n) is 10.3. The lowest BCUT2D eigenvalue weighted by molar-refractivity contribution is 0.637. The van der Waals surface area contributed by atoms with E-state index in [4.69, 9.17) is 5.84 Å². The van der Waals surface area contributed by atoms with Crippen LogP contribution < -0.4 is 16.6 Å². The van der Waals surface area contributed by atoms with Crippen LogP contribution in [0.4, 0.5) is 11.6 Å². The molecule has 0 spiro atoms. The van der Waals surface area contributed by atoms with Crippen LogP contribution in [0.5, 0.6) is 0 Å². The summed E-state index contributed by atoms with van der Waals surface area (Å²) in [6.07, 6.45) is 4.45. The fraction of sp³-hybridized carbons (Fsp3) is 0.364. The van der Waals surface area contributed by atoms with Crippen molar-refractivity contribution in [2.75, 3.05) is 17.3 Å². The highest BCUT2D eigenvalue weighted by atomic mass is 15.3. The Kier molecular flexibility index (Phi) is 4.08. The monoisotopic (exact) mass is 247 g/mol. The minimum atomic E-state index is 0.614. The van der Waals surface area contributed by atoms with Gasteiger partial charge < -0.3 is 10.7 Å². The lowest BCUT2D eigenvalue weighted by atomic mass is 10.4. The van der Waals surface area contributed by atoms with Crippen LogP contribution in [0.1, 0.15) is 12.7 Å². The van der Waals surface area contributed by atoms with E-state index >= 15 is 0 Å². The second kappa shape index (κ2) is 5.97. The van der Waals surface area contributed by atoms with Gasteiger partial charge in [0.25, 0.3) is 0 Å². The number of aromatic nitrogens is 4. The normalized spacial score (nSPS) is 10.3. The van der Waals surface area contributed by atoms with Crippen LogP contribution in [-0.2, 0) is 13.0 Å². The highest BCUT2D eigenvalue weighted by Gasteiger charge is 2.02. The minimum Gasteiger partial charge on any atom is -0.368 e. The van der Waals surface area contributed by atoms with E-state index in [9.17, 15) is 0 Å². The van der Waals surface area contributed by atoms with Crippen LogP contribution in [0.15, 0.2) is 24.5 Å². The van der Waals surface area contributed by atoms with Crippen molar-refractivity contribution in [2.24, 2.45) is 5.84 Å². The highest BCUT2D eigenvalue weighted by Crippen LogP contribution is 2.10. The molecule has 0 bridgehead atoms. The molecule has 2 aromatic rings. The molecule has 0 amide bonds. The molecular weight excluding hydrogens is 230 g/mol. The Balaban J connectivity index is 1.95. The average molecular weight is 247 g/mol. The first kappa shape index (κ1) is 12.3. The summed E-state index contributed by atoms with van der Waals surface area (Å²) in [5.41, 5.74) is 2.54. The molecule has 0 radical (unpaired) electrons. The molecule has 2 heterocycles. The second-order valence-corrected chi connectivity index (χ2v) is 3.75. The van der Waals surface area contributed by atoms with Crippen LogP contribution in [0.2, 0.25) is 0 Å². The van der Waals surface area contributed by atoms with Crippen molar-refractivity contribution in [1.29, 1.82) is 0 Å². The van der Waals surface area contributed by atoms with E-state index < -0.39 is 0 Å². The lowest BCUT2D eigenvalue weighted by Crippen LogP contribution is -2.14. The molecular formula is C11H17N7. The van der Waals surface area contributed by atoms with Gasteiger partial charge in [-0.25, -0.2) is 15.8 Å². The van der Waals surface area contributed by atoms with Gasteiger partial charge in [0, 0.05) is 31.4 Å². The first-order chi connectivity index (χ1) is 8.81. The number of nitrogens with zero attached hydrogens (tertiary/aromatic N) is 4. The molecule has 0 saturated heterocycles. The first-order valence-electron chi connectivity index (χ1n) is 5.87. The summed E-state index contributed by atoms with van der Waals surface area (Å²) in [6.45, 7) is 3.53. The highest BCUT2D eigenvalue weighted by molar-refractivity contribution is 5.46. The molecule has 0 aliphatic rings. The summed E-state index contributed by atoms with van der Waals surface area (Å²) < 4.78 is 1.86. The van der Waals surface area contributed by atoms with E-state index in [0.29, 0.717) is 5.82 Å². The van der Waals surface area contributed by atoms with Crippen molar-refractivity contribution in [2.45, 2.75) is 19.9 Å². The van der Waals surface area contributed by atoms with Gasteiger partial charge in [-0.2, -0.15) is 5.10 Å². The molecule has 0 aliphatic carbocycles. The molecule has 0 aromatic carbocycles. The Morgan fingerprint density at radius 3 is 2.83 bits per heavy atom. The molecule has 0 fully saturated rings. The summed E-state index contributed by atoms with van der Waals surface area (Å²) in [5.74, 6) is 7.50. The van der Waals surface area contributed by atoms with Gasteiger partial charge in [0.1, 0.15) is 17.5 Å². The van der Waals surface area contributed by atoms with Crippen molar-refractivity contribution < 1.29 is 0 Å². The number of nitrogens with one attached hydrogen (secondary N) is 2. The maximum Gasteiger partial charge on any atom is 0.145 e. The minimum absolute atomic E-state index is 0.614. The van der Waals surface area contributed by atoms with Crippen molar-refractivity contribution in [3.8, 4) is 0 Å². The maximum atomic E-state index is 5.37. The number of rotatable bonds is 6. The van der Waals surface area contributed by atoms with Crippen molar-refractivity contribution in [1.82, 2.24) is 19.7 Å². The summed E-state index contributed by atoms with van der Waals surface area (Å²) in [6, 6.07) is 3.68. The smallest absolute Gasteiger partial charge is 0.145 e. The van der Waals surface area contributed by atoms with Gasteiger partial charge in [-0.1, -0.05) is 6.92 Å². The van der Waals surface area contributed by atoms with Gasteiger partial charge >= 0.3 is 0 Å². The Labute approximate surface area is 105 Å². The molecule has 18 heavy (non-hydrogen) atoms. The molecule has 4 N–H and O–H groups in total. The molecule has 0 atom stereocenters. The topological polar surface area (TPSA) is 93.7 Å². The van der Waals surface area contributed by atoms with Crippen LogP contribution in [0.25, 0.3) is 0 Å². The third kappa shape index (κ3) is 3.17. The predicted octanol–water partition coefficient (Wildman–Crippen LogP) is 0.633. The fourth-order valence-electron chi connectivity index (χ4n) is 1.55. The Hall–Kier alpha value is -2.15. The Bertz CT molecular complexity index is 458. The van der Waals surface area contributed by atoms with Gasteiger partial charge in [-0.05, 0) is 6.07 Å². The van der Waals surface area contributed by atoms with Gasteiger partial charge in [0.2, 0.25) is 0 Å². The average Bonchev–Trinajstić information content (AvgIpc) is 2.91. The summed E-state index contributed by atoms with van der Waals surface area (Å²) in [7, 11) is 0. The molecule has 0 aliphatic heterocycles. The summed E-state index contributed by atoms with van der Waals surface area (Å²) in [4.78, 5) is 8.59. The van der Waals surface area contributed by atoms with Crippen LogP contribution >= 0.6 is 0 Å².